The summed E-state index contributed by atoms with van der Waals surface area (Å²) in [5.41, 5.74) is 3.46. The molecule has 0 saturated carbocycles. The Morgan fingerprint density at radius 1 is 1.11 bits per heavy atom. The van der Waals surface area contributed by atoms with Gasteiger partial charge in [-0.05, 0) is 76.3 Å². The molecule has 1 saturated heterocycles. The van der Waals surface area contributed by atoms with Crippen molar-refractivity contribution in [1.82, 2.24) is 29.3 Å². The highest BCUT2D eigenvalue weighted by molar-refractivity contribution is 5.79. The monoisotopic (exact) mass is 600 g/mol. The van der Waals surface area contributed by atoms with Crippen LogP contribution in [0, 0.1) is 0 Å². The quantitative estimate of drug-likeness (QED) is 0.228. The molecule has 1 fully saturated rings. The van der Waals surface area contributed by atoms with E-state index >= 15 is 0 Å². The lowest BCUT2D eigenvalue weighted by Crippen LogP contribution is -2.46. The molecule has 2 aromatic carbocycles. The molecule has 0 unspecified atom stereocenters. The number of ether oxygens (including phenoxy) is 2. The third kappa shape index (κ3) is 8.05. The van der Waals surface area contributed by atoms with Gasteiger partial charge in [0.05, 0.1) is 17.4 Å². The molecule has 2 aromatic heterocycles. The minimum Gasteiger partial charge on any atom is -0.444 e. The fraction of sp³-hybridized carbons (Fsp3) is 0.471. The number of carbonyl (C=O) groups excluding carboxylic acids is 2. The third-order valence-electron chi connectivity index (χ3n) is 7.92. The number of para-hydroxylation sites is 2. The Kier molecular flexibility index (Phi) is 9.99. The lowest BCUT2D eigenvalue weighted by Gasteiger charge is -2.34. The number of methoxy groups -OCH3 is 1. The Bertz CT molecular complexity index is 1520. The van der Waals surface area contributed by atoms with Crippen LogP contribution in [0.2, 0.25) is 0 Å². The molecule has 0 aliphatic carbocycles. The number of fused-ring (bicyclic) bond motifs is 1. The van der Waals surface area contributed by atoms with Crippen molar-refractivity contribution in [2.45, 2.75) is 77.0 Å². The van der Waals surface area contributed by atoms with Crippen LogP contribution in [0.5, 0.6) is 0 Å². The van der Waals surface area contributed by atoms with E-state index in [0.29, 0.717) is 26.1 Å². The highest BCUT2D eigenvalue weighted by atomic mass is 16.6. The number of imidazole rings is 2. The number of hydrogen-bond donors (Lipinski definition) is 1. The lowest BCUT2D eigenvalue weighted by atomic mass is 9.95. The van der Waals surface area contributed by atoms with Gasteiger partial charge in [0.1, 0.15) is 11.4 Å². The first kappa shape index (κ1) is 31.3. The second kappa shape index (κ2) is 14.1. The highest BCUT2D eigenvalue weighted by Gasteiger charge is 2.30. The number of aryl methyl sites for hydroxylation is 1. The lowest BCUT2D eigenvalue weighted by molar-refractivity contribution is -0.132. The van der Waals surface area contributed by atoms with Crippen molar-refractivity contribution < 1.29 is 19.1 Å². The normalized spacial score (nSPS) is 16.2. The number of aromatic nitrogens is 4. The summed E-state index contributed by atoms with van der Waals surface area (Å²) in [4.78, 5) is 37.7. The minimum absolute atomic E-state index is 0.0211. The van der Waals surface area contributed by atoms with Crippen LogP contribution in [-0.4, -0.2) is 74.5 Å². The smallest absolute Gasteiger partial charge is 0.407 e. The molecular weight excluding hydrogens is 556 g/mol. The number of piperidine rings is 1. The number of rotatable bonds is 11. The van der Waals surface area contributed by atoms with Crippen LogP contribution in [0.25, 0.3) is 16.7 Å². The van der Waals surface area contributed by atoms with E-state index in [1.807, 2.05) is 78.9 Å². The van der Waals surface area contributed by atoms with E-state index in [2.05, 4.69) is 20.9 Å². The molecule has 1 N–H and O–H groups in total. The molecule has 2 amide bonds. The molecule has 234 valence electrons. The van der Waals surface area contributed by atoms with Gasteiger partial charge in [0.15, 0.2) is 0 Å². The Balaban J connectivity index is 1.30. The number of hydrogen-bond acceptors (Lipinski definition) is 6. The summed E-state index contributed by atoms with van der Waals surface area (Å²) in [6.45, 7) is 8.28. The van der Waals surface area contributed by atoms with Crippen molar-refractivity contribution in [2.24, 2.45) is 0 Å². The molecule has 5 rings (SSSR count). The summed E-state index contributed by atoms with van der Waals surface area (Å²) < 4.78 is 15.1. The Labute approximate surface area is 259 Å². The van der Waals surface area contributed by atoms with Crippen LogP contribution >= 0.6 is 0 Å². The summed E-state index contributed by atoms with van der Waals surface area (Å²) >= 11 is 0. The van der Waals surface area contributed by atoms with E-state index in [-0.39, 0.29) is 18.2 Å². The largest absolute Gasteiger partial charge is 0.444 e. The third-order valence-corrected chi connectivity index (χ3v) is 7.92. The van der Waals surface area contributed by atoms with Crippen molar-refractivity contribution in [3.05, 3.63) is 78.6 Å². The Morgan fingerprint density at radius 2 is 1.91 bits per heavy atom. The van der Waals surface area contributed by atoms with Crippen LogP contribution in [0.4, 0.5) is 4.79 Å². The standard InChI is InChI=1S/C34H44N6O4/c1-34(2,3)44-33(42)36-27(21-25-12-14-28(15-13-25)39-19-16-35-24-39)22-31(41)38-17-7-9-26(23-38)32-37-29-10-5-6-11-30(29)40(32)18-8-20-43-4/h5-6,10-16,19,24,26-27H,7-9,17-18,20-23H2,1-4H3,(H,36,42)/t26-,27-/m1/s1. The van der Waals surface area contributed by atoms with E-state index in [1.54, 1.807) is 19.6 Å². The molecule has 4 aromatic rings. The predicted molar refractivity (Wildman–Crippen MR) is 170 cm³/mol. The van der Waals surface area contributed by atoms with Crippen LogP contribution in [0.3, 0.4) is 0 Å². The van der Waals surface area contributed by atoms with Gasteiger partial charge in [-0.15, -0.1) is 0 Å². The Morgan fingerprint density at radius 3 is 2.64 bits per heavy atom. The zero-order valence-electron chi connectivity index (χ0n) is 26.2. The predicted octanol–water partition coefficient (Wildman–Crippen LogP) is 5.49. The van der Waals surface area contributed by atoms with Gasteiger partial charge in [-0.25, -0.2) is 14.8 Å². The van der Waals surface area contributed by atoms with Gasteiger partial charge >= 0.3 is 6.09 Å². The van der Waals surface area contributed by atoms with E-state index < -0.39 is 17.7 Å². The molecule has 1 aliphatic heterocycles. The highest BCUT2D eigenvalue weighted by Crippen LogP contribution is 2.30. The maximum absolute atomic E-state index is 13.8. The molecular formula is C34H44N6O4. The van der Waals surface area contributed by atoms with E-state index in [0.717, 1.165) is 53.9 Å². The number of amides is 2. The number of benzene rings is 2. The van der Waals surface area contributed by atoms with Gasteiger partial charge in [0.2, 0.25) is 5.91 Å². The zero-order valence-corrected chi connectivity index (χ0v) is 26.2. The molecule has 1 aliphatic rings. The van der Waals surface area contributed by atoms with Crippen molar-refractivity contribution >= 4 is 23.0 Å². The number of nitrogens with zero attached hydrogens (tertiary/aromatic N) is 5. The van der Waals surface area contributed by atoms with Gasteiger partial charge in [-0.2, -0.15) is 0 Å². The van der Waals surface area contributed by atoms with Crippen LogP contribution in [0.1, 0.15) is 63.8 Å². The zero-order chi connectivity index (χ0) is 31.1. The van der Waals surface area contributed by atoms with Gasteiger partial charge in [-0.1, -0.05) is 24.3 Å². The van der Waals surface area contributed by atoms with Crippen molar-refractivity contribution in [3.63, 3.8) is 0 Å². The van der Waals surface area contributed by atoms with Crippen molar-refractivity contribution in [2.75, 3.05) is 26.8 Å². The van der Waals surface area contributed by atoms with Crippen molar-refractivity contribution in [1.29, 1.82) is 0 Å². The first-order chi connectivity index (χ1) is 21.2. The second-order valence-electron chi connectivity index (χ2n) is 12.5. The topological polar surface area (TPSA) is 104 Å². The minimum atomic E-state index is -0.639. The molecule has 2 atom stereocenters. The molecule has 10 heteroatoms. The SMILES string of the molecule is COCCCn1c([C@@H]2CCCN(C(=O)C[C@@H](Cc3ccc(-n4ccnc4)cc3)NC(=O)OC(C)(C)C)C2)nc2ccccc21. The number of nitrogens with one attached hydrogen (secondary N) is 1. The van der Waals surface area contributed by atoms with Crippen LogP contribution < -0.4 is 5.32 Å². The summed E-state index contributed by atoms with van der Waals surface area (Å²) in [5.74, 6) is 1.18. The summed E-state index contributed by atoms with van der Waals surface area (Å²) in [5, 5.41) is 2.98. The molecule has 44 heavy (non-hydrogen) atoms. The van der Waals surface area contributed by atoms with Crippen LogP contribution in [0.15, 0.2) is 67.3 Å². The second-order valence-corrected chi connectivity index (χ2v) is 12.5. The molecule has 0 radical (unpaired) electrons. The molecule has 10 nitrogen and oxygen atoms in total. The van der Waals surface area contributed by atoms with Crippen molar-refractivity contribution in [3.8, 4) is 5.69 Å². The van der Waals surface area contributed by atoms with Crippen LogP contribution in [-0.2, 0) is 27.2 Å². The average Bonchev–Trinajstić information content (AvgIpc) is 3.66. The molecule has 0 bridgehead atoms. The molecule has 0 spiro atoms. The van der Waals surface area contributed by atoms with E-state index in [9.17, 15) is 9.59 Å². The van der Waals surface area contributed by atoms with Gasteiger partial charge in [0, 0.05) is 69.8 Å². The first-order valence-corrected chi connectivity index (χ1v) is 15.5. The number of alkyl carbamates (subject to hydrolysis) is 1. The number of carbonyl (C=O) groups is 2. The Hall–Kier alpha value is -4.18. The summed E-state index contributed by atoms with van der Waals surface area (Å²) in [6.07, 6.45) is 8.30. The summed E-state index contributed by atoms with van der Waals surface area (Å²) in [6, 6.07) is 15.9. The fourth-order valence-corrected chi connectivity index (χ4v) is 5.91. The first-order valence-electron chi connectivity index (χ1n) is 15.5. The van der Waals surface area contributed by atoms with Gasteiger partial charge < -0.3 is 28.8 Å². The van der Waals surface area contributed by atoms with E-state index in [4.69, 9.17) is 14.5 Å². The average molecular weight is 601 g/mol. The summed E-state index contributed by atoms with van der Waals surface area (Å²) in [7, 11) is 1.72. The molecule has 3 heterocycles. The fourth-order valence-electron chi connectivity index (χ4n) is 5.91. The maximum Gasteiger partial charge on any atom is 0.407 e. The van der Waals surface area contributed by atoms with Gasteiger partial charge in [-0.3, -0.25) is 4.79 Å². The van der Waals surface area contributed by atoms with E-state index in [1.165, 1.54) is 0 Å². The maximum atomic E-state index is 13.8. The van der Waals surface area contributed by atoms with Gasteiger partial charge in [0.25, 0.3) is 0 Å². The number of likely N-dealkylation sites (tertiary alicyclic amines) is 1.